The zero-order chi connectivity index (χ0) is 30.8. The molecule has 1 saturated carbocycles. The molecule has 0 bridgehead atoms. The van der Waals surface area contributed by atoms with Crippen LogP contribution in [0, 0.1) is 22.7 Å². The summed E-state index contributed by atoms with van der Waals surface area (Å²) in [5.74, 6) is 1.53. The molecule has 0 atom stereocenters. The smallest absolute Gasteiger partial charge is 0.404 e. The molecule has 4 aromatic rings. The first-order valence-electron chi connectivity index (χ1n) is 14.2. The molecule has 2 aliphatic rings. The van der Waals surface area contributed by atoms with Crippen molar-refractivity contribution in [2.45, 2.75) is 44.3 Å². The van der Waals surface area contributed by atoms with Crippen molar-refractivity contribution in [2.24, 2.45) is 0 Å². The molecule has 14 heteroatoms. The summed E-state index contributed by atoms with van der Waals surface area (Å²) >= 11 is 6.92. The number of hydrogen-bond acceptors (Lipinski definition) is 10. The van der Waals surface area contributed by atoms with Crippen LogP contribution in [-0.4, -0.2) is 63.1 Å². The van der Waals surface area contributed by atoms with E-state index in [0.717, 1.165) is 24.2 Å². The fourth-order valence-corrected chi connectivity index (χ4v) is 5.71. The number of imidazole rings is 1. The third-order valence-electron chi connectivity index (χ3n) is 7.82. The topological polar surface area (TPSA) is 168 Å². The summed E-state index contributed by atoms with van der Waals surface area (Å²) < 4.78 is 6.78. The second kappa shape index (κ2) is 12.1. The minimum atomic E-state index is -1.04. The molecule has 1 aliphatic carbocycles. The number of methoxy groups -OCH3 is 1. The molecule has 2 aromatic carbocycles. The average Bonchev–Trinajstić information content (AvgIpc) is 3.79. The summed E-state index contributed by atoms with van der Waals surface area (Å²) in [6.07, 6.45) is 3.64. The maximum absolute atomic E-state index is 11.1. The number of amides is 1. The Morgan fingerprint density at radius 1 is 1.16 bits per heavy atom. The van der Waals surface area contributed by atoms with Gasteiger partial charge in [-0.1, -0.05) is 23.7 Å². The largest absolute Gasteiger partial charge is 0.497 e. The normalized spacial score (nSPS) is 15.0. The number of hydrogen-bond donors (Lipinski definition) is 3. The van der Waals surface area contributed by atoms with Crippen LogP contribution in [0.25, 0.3) is 5.65 Å². The van der Waals surface area contributed by atoms with Crippen molar-refractivity contribution in [3.05, 3.63) is 64.4 Å². The Kier molecular flexibility index (Phi) is 7.96. The number of rotatable bonds is 9. The molecule has 3 heterocycles. The third kappa shape index (κ3) is 5.96. The van der Waals surface area contributed by atoms with E-state index in [-0.39, 0.29) is 23.7 Å². The van der Waals surface area contributed by atoms with Crippen LogP contribution in [0.3, 0.4) is 0 Å². The summed E-state index contributed by atoms with van der Waals surface area (Å²) in [5.41, 5.74) is 3.25. The lowest BCUT2D eigenvalue weighted by atomic mass is 10.0. The first-order chi connectivity index (χ1) is 21.4. The standard InChI is InChI=1S/C30H29ClN10O3/c1-44-23-6-2-18(3-7-23)17-40(21-4-5-21)28-27-34-16-22(15-33)41(27)38-29(37-28)36-24-12-19(14-32)13-25(26(24)31)39-10-8-20(9-11-39)35-30(42)43/h2-3,6-7,12-13,16,20-21,35H,4-5,8-11,17H2,1H3,(H,36,38)(H,42,43). The number of carbonyl (C=O) groups is 1. The average molecular weight is 613 g/mol. The lowest BCUT2D eigenvalue weighted by molar-refractivity contribution is 0.187. The molecule has 1 amide bonds. The number of halogens is 1. The van der Waals surface area contributed by atoms with Gasteiger partial charge in [-0.15, -0.1) is 5.10 Å². The van der Waals surface area contributed by atoms with Crippen molar-refractivity contribution in [3.8, 4) is 17.9 Å². The Bertz CT molecular complexity index is 1780. The molecule has 13 nitrogen and oxygen atoms in total. The minimum Gasteiger partial charge on any atom is -0.497 e. The van der Waals surface area contributed by atoms with E-state index in [1.807, 2.05) is 29.2 Å². The van der Waals surface area contributed by atoms with Crippen LogP contribution in [0.4, 0.5) is 27.9 Å². The molecule has 3 N–H and O–H groups in total. The van der Waals surface area contributed by atoms with E-state index in [2.05, 4.69) is 37.8 Å². The van der Waals surface area contributed by atoms with Crippen LogP contribution in [0.1, 0.15) is 42.5 Å². The fraction of sp³-hybridized carbons (Fsp3) is 0.333. The van der Waals surface area contributed by atoms with Gasteiger partial charge in [-0.2, -0.15) is 20.0 Å². The summed E-state index contributed by atoms with van der Waals surface area (Å²) in [6, 6.07) is 15.6. The molecule has 0 radical (unpaired) electrons. The van der Waals surface area contributed by atoms with Crippen molar-refractivity contribution in [1.82, 2.24) is 24.9 Å². The van der Waals surface area contributed by atoms with Crippen LogP contribution in [-0.2, 0) is 6.54 Å². The van der Waals surface area contributed by atoms with E-state index in [1.165, 1.54) is 10.7 Å². The summed E-state index contributed by atoms with van der Waals surface area (Å²) in [6.45, 7) is 1.69. The van der Waals surface area contributed by atoms with Gasteiger partial charge in [0.05, 0.1) is 41.3 Å². The molecule has 1 saturated heterocycles. The first-order valence-corrected chi connectivity index (χ1v) is 14.5. The van der Waals surface area contributed by atoms with E-state index in [9.17, 15) is 15.3 Å². The number of nitrogens with one attached hydrogen (secondary N) is 2. The second-order valence-corrected chi connectivity index (χ2v) is 11.1. The highest BCUT2D eigenvalue weighted by atomic mass is 35.5. The van der Waals surface area contributed by atoms with E-state index in [0.29, 0.717) is 65.9 Å². The van der Waals surface area contributed by atoms with Gasteiger partial charge < -0.3 is 30.3 Å². The number of nitriles is 2. The number of benzene rings is 2. The van der Waals surface area contributed by atoms with Gasteiger partial charge in [0.15, 0.2) is 17.2 Å². The molecular weight excluding hydrogens is 584 g/mol. The Labute approximate surface area is 258 Å². The fourth-order valence-electron chi connectivity index (χ4n) is 5.43. The van der Waals surface area contributed by atoms with Gasteiger partial charge in [-0.25, -0.2) is 9.78 Å². The Morgan fingerprint density at radius 3 is 2.55 bits per heavy atom. The second-order valence-electron chi connectivity index (χ2n) is 10.8. The number of piperidine rings is 1. The zero-order valence-electron chi connectivity index (χ0n) is 23.9. The van der Waals surface area contributed by atoms with E-state index in [1.54, 1.807) is 19.2 Å². The maximum atomic E-state index is 11.1. The number of nitrogens with zero attached hydrogens (tertiary/aromatic N) is 8. The van der Waals surface area contributed by atoms with Crippen molar-refractivity contribution >= 4 is 46.5 Å². The van der Waals surface area contributed by atoms with Crippen LogP contribution in [0.15, 0.2) is 42.6 Å². The highest BCUT2D eigenvalue weighted by molar-refractivity contribution is 6.36. The number of aromatic nitrogens is 4. The van der Waals surface area contributed by atoms with Crippen LogP contribution in [0.2, 0.25) is 5.02 Å². The molecule has 2 aromatic heterocycles. The van der Waals surface area contributed by atoms with Gasteiger partial charge >= 0.3 is 6.09 Å². The minimum absolute atomic E-state index is 0.144. The van der Waals surface area contributed by atoms with Gasteiger partial charge in [0.2, 0.25) is 5.95 Å². The van der Waals surface area contributed by atoms with Gasteiger partial charge in [-0.3, -0.25) is 0 Å². The van der Waals surface area contributed by atoms with E-state index < -0.39 is 6.09 Å². The maximum Gasteiger partial charge on any atom is 0.404 e. The third-order valence-corrected chi connectivity index (χ3v) is 8.22. The summed E-state index contributed by atoms with van der Waals surface area (Å²) in [7, 11) is 1.63. The van der Waals surface area contributed by atoms with Crippen LogP contribution in [0.5, 0.6) is 5.75 Å². The Morgan fingerprint density at radius 2 is 1.91 bits per heavy atom. The lowest BCUT2D eigenvalue weighted by Crippen LogP contribution is -2.44. The van der Waals surface area contributed by atoms with Gasteiger partial charge in [0.1, 0.15) is 11.8 Å². The summed E-state index contributed by atoms with van der Waals surface area (Å²) in [4.78, 5) is 24.6. The highest BCUT2D eigenvalue weighted by Gasteiger charge is 2.33. The SMILES string of the molecule is COc1ccc(CN(c2nc(Nc3cc(C#N)cc(N4CCC(NC(=O)O)CC4)c3Cl)nn3c(C#N)cnc23)C2CC2)cc1. The van der Waals surface area contributed by atoms with Gasteiger partial charge in [0, 0.05) is 31.7 Å². The number of anilines is 4. The molecule has 1 aliphatic heterocycles. The molecule has 224 valence electrons. The Hall–Kier alpha value is -5.27. The van der Waals surface area contributed by atoms with Gasteiger partial charge in [0.25, 0.3) is 0 Å². The molecule has 0 spiro atoms. The zero-order valence-corrected chi connectivity index (χ0v) is 24.6. The highest BCUT2D eigenvalue weighted by Crippen LogP contribution is 2.38. The van der Waals surface area contributed by atoms with Crippen molar-refractivity contribution in [2.75, 3.05) is 35.3 Å². The number of fused-ring (bicyclic) bond motifs is 1. The van der Waals surface area contributed by atoms with Crippen molar-refractivity contribution in [3.63, 3.8) is 0 Å². The molecule has 2 fully saturated rings. The lowest BCUT2D eigenvalue weighted by Gasteiger charge is -2.34. The Balaban J connectivity index is 1.35. The van der Waals surface area contributed by atoms with Crippen molar-refractivity contribution in [1.29, 1.82) is 10.5 Å². The predicted molar refractivity (Wildman–Crippen MR) is 164 cm³/mol. The molecule has 6 rings (SSSR count). The van der Waals surface area contributed by atoms with E-state index in [4.69, 9.17) is 26.4 Å². The van der Waals surface area contributed by atoms with Crippen molar-refractivity contribution < 1.29 is 14.6 Å². The summed E-state index contributed by atoms with van der Waals surface area (Å²) in [5, 5.41) is 39.4. The van der Waals surface area contributed by atoms with Gasteiger partial charge in [-0.05, 0) is 55.5 Å². The molecular formula is C30H29ClN10O3. The molecule has 44 heavy (non-hydrogen) atoms. The van der Waals surface area contributed by atoms with E-state index >= 15 is 0 Å². The number of carboxylic acid groups (broad SMARTS) is 1. The quantitative estimate of drug-likeness (QED) is 0.240. The number of ether oxygens (including phenoxy) is 1. The first kappa shape index (κ1) is 28.8. The monoisotopic (exact) mass is 612 g/mol. The molecule has 0 unspecified atom stereocenters. The van der Waals surface area contributed by atoms with Crippen LogP contribution < -0.4 is 25.2 Å². The van der Waals surface area contributed by atoms with Crippen LogP contribution >= 0.6 is 11.6 Å². The predicted octanol–water partition coefficient (Wildman–Crippen LogP) is 4.68.